The molecule has 1 aromatic carbocycles. The molecule has 0 saturated carbocycles. The zero-order chi connectivity index (χ0) is 9.52. The maximum Gasteiger partial charge on any atom is 0.189 e. The molecule has 0 radical (unpaired) electrons. The van der Waals surface area contributed by atoms with Crippen LogP contribution < -0.4 is 4.74 Å². The lowest BCUT2D eigenvalue weighted by Gasteiger charge is -2.08. The minimum atomic E-state index is 0.336. The van der Waals surface area contributed by atoms with Gasteiger partial charge in [-0.1, -0.05) is 32.0 Å². The van der Waals surface area contributed by atoms with Crippen molar-refractivity contribution in [3.8, 4) is 5.75 Å². The van der Waals surface area contributed by atoms with E-state index in [9.17, 15) is 0 Å². The molecule has 0 amide bonds. The highest BCUT2D eigenvalue weighted by Crippen LogP contribution is 2.07. The van der Waals surface area contributed by atoms with Gasteiger partial charge in [-0.3, -0.25) is 0 Å². The van der Waals surface area contributed by atoms with Crippen molar-refractivity contribution >= 4 is 0 Å². The summed E-state index contributed by atoms with van der Waals surface area (Å²) in [5.41, 5.74) is 0. The van der Waals surface area contributed by atoms with Gasteiger partial charge >= 0.3 is 0 Å². The normalized spacial score (nSPS) is 10.4. The Hall–Kier alpha value is -1.02. The number of ether oxygens (including phenoxy) is 2. The van der Waals surface area contributed by atoms with Gasteiger partial charge in [0, 0.05) is 0 Å². The molecule has 1 rings (SSSR count). The van der Waals surface area contributed by atoms with E-state index in [1.807, 2.05) is 30.3 Å². The first-order valence-corrected chi connectivity index (χ1v) is 4.54. The molecule has 0 atom stereocenters. The molecule has 0 aliphatic rings. The predicted molar refractivity (Wildman–Crippen MR) is 52.7 cm³/mol. The minimum Gasteiger partial charge on any atom is -0.468 e. The fraction of sp³-hybridized carbons (Fsp3) is 0.455. The molecule has 1 aromatic rings. The highest BCUT2D eigenvalue weighted by Gasteiger charge is 1.94. The predicted octanol–water partition coefficient (Wildman–Crippen LogP) is 2.70. The highest BCUT2D eigenvalue weighted by molar-refractivity contribution is 5.20. The summed E-state index contributed by atoms with van der Waals surface area (Å²) in [6, 6.07) is 9.68. The Kier molecular flexibility index (Phi) is 4.33. The third-order valence-electron chi connectivity index (χ3n) is 1.50. The van der Waals surface area contributed by atoms with Crippen molar-refractivity contribution in [2.45, 2.75) is 13.8 Å². The van der Waals surface area contributed by atoms with Crippen LogP contribution in [0.2, 0.25) is 0 Å². The molecule has 2 nitrogen and oxygen atoms in total. The molecular formula is C11H16O2. The van der Waals surface area contributed by atoms with Gasteiger partial charge < -0.3 is 9.47 Å². The van der Waals surface area contributed by atoms with Crippen molar-refractivity contribution in [3.63, 3.8) is 0 Å². The van der Waals surface area contributed by atoms with Gasteiger partial charge in [0.2, 0.25) is 0 Å². The molecule has 0 bridgehead atoms. The summed E-state index contributed by atoms with van der Waals surface area (Å²) in [6.07, 6.45) is 0. The first kappa shape index (κ1) is 10.1. The summed E-state index contributed by atoms with van der Waals surface area (Å²) in [5, 5.41) is 0. The molecule has 0 unspecified atom stereocenters. The minimum absolute atomic E-state index is 0.336. The fourth-order valence-electron chi connectivity index (χ4n) is 0.910. The van der Waals surface area contributed by atoms with Crippen LogP contribution in [0.1, 0.15) is 13.8 Å². The second-order valence-electron chi connectivity index (χ2n) is 3.34. The van der Waals surface area contributed by atoms with Crippen molar-refractivity contribution in [2.24, 2.45) is 5.92 Å². The number of para-hydroxylation sites is 1. The van der Waals surface area contributed by atoms with E-state index in [4.69, 9.17) is 9.47 Å². The van der Waals surface area contributed by atoms with E-state index < -0.39 is 0 Å². The van der Waals surface area contributed by atoms with Gasteiger partial charge in [0.1, 0.15) is 5.75 Å². The Morgan fingerprint density at radius 3 is 2.46 bits per heavy atom. The lowest BCUT2D eigenvalue weighted by molar-refractivity contribution is 0.00273. The highest BCUT2D eigenvalue weighted by atomic mass is 16.7. The van der Waals surface area contributed by atoms with E-state index in [0.717, 1.165) is 12.4 Å². The van der Waals surface area contributed by atoms with Crippen molar-refractivity contribution in [3.05, 3.63) is 30.3 Å². The average molecular weight is 180 g/mol. The Balaban J connectivity index is 2.13. The molecular weight excluding hydrogens is 164 g/mol. The fourth-order valence-corrected chi connectivity index (χ4v) is 0.910. The number of hydrogen-bond donors (Lipinski definition) is 0. The molecule has 0 heterocycles. The van der Waals surface area contributed by atoms with Crippen LogP contribution in [0.3, 0.4) is 0 Å². The van der Waals surface area contributed by atoms with Crippen LogP contribution in [0.15, 0.2) is 30.3 Å². The molecule has 13 heavy (non-hydrogen) atoms. The van der Waals surface area contributed by atoms with E-state index >= 15 is 0 Å². The SMILES string of the molecule is CC(C)COCOc1ccccc1. The number of rotatable bonds is 5. The summed E-state index contributed by atoms with van der Waals surface area (Å²) in [6.45, 7) is 5.31. The lowest BCUT2D eigenvalue weighted by atomic mass is 10.2. The van der Waals surface area contributed by atoms with Crippen LogP contribution >= 0.6 is 0 Å². The molecule has 0 spiro atoms. The standard InChI is InChI=1S/C11H16O2/c1-10(2)8-12-9-13-11-6-4-3-5-7-11/h3-7,10H,8-9H2,1-2H3. The van der Waals surface area contributed by atoms with Gasteiger partial charge in [0.05, 0.1) is 6.61 Å². The average Bonchev–Trinajstić information content (AvgIpc) is 2.14. The molecule has 0 aliphatic carbocycles. The van der Waals surface area contributed by atoms with E-state index in [-0.39, 0.29) is 0 Å². The first-order chi connectivity index (χ1) is 6.29. The molecule has 0 fully saturated rings. The van der Waals surface area contributed by atoms with Crippen LogP contribution in [0.5, 0.6) is 5.75 Å². The van der Waals surface area contributed by atoms with Crippen LogP contribution in [-0.2, 0) is 4.74 Å². The summed E-state index contributed by atoms with van der Waals surface area (Å²) < 4.78 is 10.6. The quantitative estimate of drug-likeness (QED) is 0.512. The summed E-state index contributed by atoms with van der Waals surface area (Å²) in [7, 11) is 0. The van der Waals surface area contributed by atoms with Gasteiger partial charge in [-0.25, -0.2) is 0 Å². The van der Waals surface area contributed by atoms with Crippen LogP contribution in [-0.4, -0.2) is 13.4 Å². The van der Waals surface area contributed by atoms with Gasteiger partial charge in [0.15, 0.2) is 6.79 Å². The third kappa shape index (κ3) is 4.53. The van der Waals surface area contributed by atoms with E-state index in [0.29, 0.717) is 12.7 Å². The summed E-state index contributed by atoms with van der Waals surface area (Å²) in [5.74, 6) is 1.41. The first-order valence-electron chi connectivity index (χ1n) is 4.54. The van der Waals surface area contributed by atoms with Crippen molar-refractivity contribution < 1.29 is 9.47 Å². The topological polar surface area (TPSA) is 18.5 Å². The summed E-state index contributed by atoms with van der Waals surface area (Å²) >= 11 is 0. The van der Waals surface area contributed by atoms with E-state index in [1.54, 1.807) is 0 Å². The summed E-state index contributed by atoms with van der Waals surface area (Å²) in [4.78, 5) is 0. The molecule has 72 valence electrons. The number of benzene rings is 1. The monoisotopic (exact) mass is 180 g/mol. The van der Waals surface area contributed by atoms with Crippen LogP contribution in [0.25, 0.3) is 0 Å². The zero-order valence-electron chi connectivity index (χ0n) is 8.19. The van der Waals surface area contributed by atoms with Gasteiger partial charge in [0.25, 0.3) is 0 Å². The maximum atomic E-state index is 5.33. The molecule has 0 N–H and O–H groups in total. The molecule has 2 heteroatoms. The number of hydrogen-bond acceptors (Lipinski definition) is 2. The Labute approximate surface area is 79.5 Å². The Bertz CT molecular complexity index is 219. The van der Waals surface area contributed by atoms with Crippen molar-refractivity contribution in [1.29, 1.82) is 0 Å². The Morgan fingerprint density at radius 1 is 1.15 bits per heavy atom. The second-order valence-corrected chi connectivity index (χ2v) is 3.34. The van der Waals surface area contributed by atoms with E-state index in [2.05, 4.69) is 13.8 Å². The largest absolute Gasteiger partial charge is 0.468 e. The smallest absolute Gasteiger partial charge is 0.189 e. The van der Waals surface area contributed by atoms with E-state index in [1.165, 1.54) is 0 Å². The van der Waals surface area contributed by atoms with Crippen LogP contribution in [0, 0.1) is 5.92 Å². The van der Waals surface area contributed by atoms with Gasteiger partial charge in [-0.15, -0.1) is 0 Å². The lowest BCUT2D eigenvalue weighted by Crippen LogP contribution is -2.07. The Morgan fingerprint density at radius 2 is 1.85 bits per heavy atom. The van der Waals surface area contributed by atoms with Crippen molar-refractivity contribution in [1.82, 2.24) is 0 Å². The van der Waals surface area contributed by atoms with Gasteiger partial charge in [-0.05, 0) is 18.1 Å². The third-order valence-corrected chi connectivity index (χ3v) is 1.50. The molecule has 0 saturated heterocycles. The molecule has 0 aliphatic heterocycles. The molecule has 0 aromatic heterocycles. The maximum absolute atomic E-state index is 5.33. The van der Waals surface area contributed by atoms with Crippen LogP contribution in [0.4, 0.5) is 0 Å². The second kappa shape index (κ2) is 5.60. The zero-order valence-corrected chi connectivity index (χ0v) is 8.19. The van der Waals surface area contributed by atoms with Gasteiger partial charge in [-0.2, -0.15) is 0 Å². The van der Waals surface area contributed by atoms with Crippen molar-refractivity contribution in [2.75, 3.05) is 13.4 Å².